The Morgan fingerprint density at radius 3 is 2.50 bits per heavy atom. The number of carbonyl (C=O) groups excluding carboxylic acids is 1. The van der Waals surface area contributed by atoms with Gasteiger partial charge in [-0.2, -0.15) is 0 Å². The molecule has 1 aromatic heterocycles. The van der Waals surface area contributed by atoms with Gasteiger partial charge in [-0.05, 0) is 41.9 Å². The lowest BCUT2D eigenvalue weighted by molar-refractivity contribution is 0.0704. The second kappa shape index (κ2) is 13.1. The van der Waals surface area contributed by atoms with Gasteiger partial charge in [-0.1, -0.05) is 68.1 Å². The van der Waals surface area contributed by atoms with Crippen LogP contribution in [0.4, 0.5) is 8.78 Å². The Balaban J connectivity index is 1.73. The number of hydrogen-bond acceptors (Lipinski definition) is 5. The summed E-state index contributed by atoms with van der Waals surface area (Å²) in [5, 5.41) is 8.91. The van der Waals surface area contributed by atoms with Crippen molar-refractivity contribution in [3.63, 3.8) is 0 Å². The molecule has 40 heavy (non-hydrogen) atoms. The van der Waals surface area contributed by atoms with Gasteiger partial charge in [0.1, 0.15) is 23.3 Å². The predicted molar refractivity (Wildman–Crippen MR) is 155 cm³/mol. The van der Waals surface area contributed by atoms with E-state index in [1.54, 1.807) is 15.7 Å². The lowest BCUT2D eigenvalue weighted by Crippen LogP contribution is -2.42. The van der Waals surface area contributed by atoms with Gasteiger partial charge in [0.25, 0.3) is 5.91 Å². The highest BCUT2D eigenvalue weighted by molar-refractivity contribution is 8.17. The van der Waals surface area contributed by atoms with Crippen LogP contribution in [-0.4, -0.2) is 33.5 Å². The third kappa shape index (κ3) is 6.20. The van der Waals surface area contributed by atoms with Crippen molar-refractivity contribution in [1.82, 2.24) is 9.47 Å². The van der Waals surface area contributed by atoms with E-state index in [9.17, 15) is 18.4 Å². The average molecular weight is 566 g/mol. The number of likely N-dealkylation sites (N-methyl/N-ethyl adjacent to an activating group) is 1. The van der Waals surface area contributed by atoms with Gasteiger partial charge >= 0.3 is 0 Å². The van der Waals surface area contributed by atoms with Gasteiger partial charge in [-0.3, -0.25) is 15.0 Å². The Bertz CT molecular complexity index is 1490. The Morgan fingerprint density at radius 2 is 1.85 bits per heavy atom. The molecule has 1 atom stereocenters. The van der Waals surface area contributed by atoms with E-state index in [1.165, 1.54) is 12.1 Å². The van der Waals surface area contributed by atoms with Gasteiger partial charge in [0.05, 0.1) is 5.56 Å². The molecule has 1 unspecified atom stereocenters. The minimum Gasteiger partial charge on any atom is -0.483 e. The van der Waals surface area contributed by atoms with E-state index in [4.69, 9.17) is 10.1 Å². The smallest absolute Gasteiger partial charge is 0.274 e. The van der Waals surface area contributed by atoms with Crippen molar-refractivity contribution < 1.29 is 18.3 Å². The highest BCUT2D eigenvalue weighted by Gasteiger charge is 2.31. The van der Waals surface area contributed by atoms with Crippen molar-refractivity contribution in [3.8, 4) is 5.75 Å². The SMILES string of the molecule is CC/C=C(/SC(=N)c1cn2c(c(OCc3ccccc3)c1=O)C(=O)N(CC)CC2)C(CC)c1ccc(F)cc1F. The summed E-state index contributed by atoms with van der Waals surface area (Å²) in [6.07, 6.45) is 4.60. The van der Waals surface area contributed by atoms with Crippen LogP contribution in [0.1, 0.15) is 66.7 Å². The highest BCUT2D eigenvalue weighted by Crippen LogP contribution is 2.38. The van der Waals surface area contributed by atoms with Crippen molar-refractivity contribution in [1.29, 1.82) is 5.41 Å². The van der Waals surface area contributed by atoms with Crippen molar-refractivity contribution in [3.05, 3.63) is 110 Å². The second-order valence-corrected chi connectivity index (χ2v) is 10.6. The summed E-state index contributed by atoms with van der Waals surface area (Å²) >= 11 is 1.08. The molecule has 0 radical (unpaired) electrons. The normalized spacial score (nSPS) is 14.2. The fraction of sp³-hybridized carbons (Fsp3) is 0.323. The van der Waals surface area contributed by atoms with Crippen molar-refractivity contribution in [2.75, 3.05) is 13.1 Å². The number of carbonyl (C=O) groups is 1. The van der Waals surface area contributed by atoms with Gasteiger partial charge in [-0.25, -0.2) is 8.78 Å². The van der Waals surface area contributed by atoms with Crippen LogP contribution < -0.4 is 10.2 Å². The Labute approximate surface area is 237 Å². The number of benzene rings is 2. The molecule has 0 saturated carbocycles. The van der Waals surface area contributed by atoms with Crippen LogP contribution in [-0.2, 0) is 13.2 Å². The van der Waals surface area contributed by atoms with Gasteiger partial charge in [0.2, 0.25) is 5.43 Å². The van der Waals surface area contributed by atoms with Crippen LogP contribution in [0.15, 0.2) is 70.5 Å². The van der Waals surface area contributed by atoms with E-state index >= 15 is 0 Å². The topological polar surface area (TPSA) is 75.4 Å². The number of amides is 1. The number of fused-ring (bicyclic) bond motifs is 1. The van der Waals surface area contributed by atoms with Crippen molar-refractivity contribution in [2.45, 2.75) is 52.7 Å². The van der Waals surface area contributed by atoms with Gasteiger partial charge < -0.3 is 14.2 Å². The molecule has 1 aliphatic rings. The number of hydrogen-bond donors (Lipinski definition) is 1. The Hall–Kier alpha value is -3.72. The molecule has 4 rings (SSSR count). The first-order chi connectivity index (χ1) is 19.3. The lowest BCUT2D eigenvalue weighted by atomic mass is 9.95. The number of halogens is 2. The molecule has 0 bridgehead atoms. The summed E-state index contributed by atoms with van der Waals surface area (Å²) in [7, 11) is 0. The fourth-order valence-corrected chi connectivity index (χ4v) is 6.01. The number of nitrogens with zero attached hydrogens (tertiary/aromatic N) is 2. The number of allylic oxidation sites excluding steroid dienone is 2. The third-order valence-corrected chi connectivity index (χ3v) is 8.02. The molecule has 0 aliphatic carbocycles. The molecule has 3 aromatic rings. The highest BCUT2D eigenvalue weighted by atomic mass is 32.2. The van der Waals surface area contributed by atoms with E-state index in [0.717, 1.165) is 23.4 Å². The zero-order valence-electron chi connectivity index (χ0n) is 22.9. The average Bonchev–Trinajstić information content (AvgIpc) is 2.94. The van der Waals surface area contributed by atoms with Gasteiger partial charge in [0, 0.05) is 37.8 Å². The minimum atomic E-state index is -0.654. The molecule has 6 nitrogen and oxygen atoms in total. The van der Waals surface area contributed by atoms with Crippen molar-refractivity contribution in [2.24, 2.45) is 0 Å². The number of ether oxygens (including phenoxy) is 1. The summed E-state index contributed by atoms with van der Waals surface area (Å²) in [5.74, 6) is -2.08. The number of rotatable bonds is 10. The van der Waals surface area contributed by atoms with E-state index < -0.39 is 23.0 Å². The first kappa shape index (κ1) is 29.3. The standard InChI is InChI=1S/C31H33F2N3O3S/c1-4-10-26(22(5-2)23-14-13-21(32)17-25(23)33)40-30(34)24-18-36-16-15-35(6-3)31(38)27(36)29(28(24)37)39-19-20-11-8-7-9-12-20/h7-14,17-18,22,34H,4-6,15-16,19H2,1-3H3/b26-10+,34-30?. The maximum absolute atomic E-state index is 14.7. The second-order valence-electron chi connectivity index (χ2n) is 9.47. The first-order valence-electron chi connectivity index (χ1n) is 13.4. The van der Waals surface area contributed by atoms with Crippen molar-refractivity contribution >= 4 is 22.7 Å². The maximum Gasteiger partial charge on any atom is 0.274 e. The summed E-state index contributed by atoms with van der Waals surface area (Å²) < 4.78 is 36.0. The zero-order chi connectivity index (χ0) is 28.8. The molecule has 0 spiro atoms. The molecule has 210 valence electrons. The number of nitrogens with one attached hydrogen (secondary N) is 1. The zero-order valence-corrected chi connectivity index (χ0v) is 23.7. The Kier molecular flexibility index (Phi) is 9.58. The maximum atomic E-state index is 14.7. The molecule has 1 N–H and O–H groups in total. The van der Waals surface area contributed by atoms with Crippen LogP contribution in [0.25, 0.3) is 0 Å². The molecule has 1 aliphatic heterocycles. The lowest BCUT2D eigenvalue weighted by Gasteiger charge is -2.30. The molecule has 1 amide bonds. The number of thioether (sulfide) groups is 1. The number of aromatic nitrogens is 1. The summed E-state index contributed by atoms with van der Waals surface area (Å²) in [5.41, 5.74) is 0.920. The molecule has 0 fully saturated rings. The van der Waals surface area contributed by atoms with E-state index in [0.29, 0.717) is 42.9 Å². The monoisotopic (exact) mass is 565 g/mol. The quantitative estimate of drug-likeness (QED) is 0.219. The van der Waals surface area contributed by atoms with E-state index in [1.807, 2.05) is 57.2 Å². The van der Waals surface area contributed by atoms with Crippen LogP contribution in [0.3, 0.4) is 0 Å². The Morgan fingerprint density at radius 1 is 1.10 bits per heavy atom. The summed E-state index contributed by atoms with van der Waals surface area (Å²) in [6.45, 7) is 7.25. The largest absolute Gasteiger partial charge is 0.483 e. The van der Waals surface area contributed by atoms with Gasteiger partial charge in [-0.15, -0.1) is 0 Å². The van der Waals surface area contributed by atoms with Crippen LogP contribution in [0.5, 0.6) is 5.75 Å². The predicted octanol–water partition coefficient (Wildman–Crippen LogP) is 6.73. The molecular formula is C31H33F2N3O3S. The molecule has 2 heterocycles. The molecule has 0 saturated heterocycles. The summed E-state index contributed by atoms with van der Waals surface area (Å²) in [6, 6.07) is 12.9. The van der Waals surface area contributed by atoms with E-state index in [-0.39, 0.29) is 34.6 Å². The minimum absolute atomic E-state index is 0.0316. The molecule has 2 aromatic carbocycles. The fourth-order valence-electron chi connectivity index (χ4n) is 4.83. The van der Waals surface area contributed by atoms with Crippen LogP contribution in [0.2, 0.25) is 0 Å². The van der Waals surface area contributed by atoms with Crippen LogP contribution in [0, 0.1) is 17.0 Å². The van der Waals surface area contributed by atoms with Crippen LogP contribution >= 0.6 is 11.8 Å². The molecular weight excluding hydrogens is 532 g/mol. The third-order valence-electron chi connectivity index (χ3n) is 6.91. The first-order valence-corrected chi connectivity index (χ1v) is 14.3. The van der Waals surface area contributed by atoms with Gasteiger partial charge in [0.15, 0.2) is 11.4 Å². The summed E-state index contributed by atoms with van der Waals surface area (Å²) in [4.78, 5) is 29.4. The van der Waals surface area contributed by atoms with E-state index in [2.05, 4.69) is 0 Å². The number of pyridine rings is 1. The molecule has 9 heteroatoms.